The van der Waals surface area contributed by atoms with E-state index in [-0.39, 0.29) is 36.1 Å². The summed E-state index contributed by atoms with van der Waals surface area (Å²) in [6.07, 6.45) is 0.0853. The number of rotatable bonds is 6. The second kappa shape index (κ2) is 8.81. The van der Waals surface area contributed by atoms with E-state index in [0.29, 0.717) is 22.6 Å². The fourth-order valence-electron chi connectivity index (χ4n) is 3.69. The van der Waals surface area contributed by atoms with E-state index >= 15 is 0 Å². The first-order valence-corrected chi connectivity index (χ1v) is 10.8. The third kappa shape index (κ3) is 4.13. The van der Waals surface area contributed by atoms with Gasteiger partial charge in [0.15, 0.2) is 0 Å². The second-order valence-corrected chi connectivity index (χ2v) is 8.27. The molecule has 0 aliphatic carbocycles. The minimum absolute atomic E-state index is 0.0853. The topological polar surface area (TPSA) is 105 Å². The maximum atomic E-state index is 12.7. The van der Waals surface area contributed by atoms with Crippen molar-refractivity contribution in [3.63, 3.8) is 0 Å². The number of anilines is 1. The molecule has 160 valence electrons. The Bertz CT molecular complexity index is 1040. The first-order valence-electron chi connectivity index (χ1n) is 9.78. The highest BCUT2D eigenvalue weighted by Gasteiger charge is 2.48. The van der Waals surface area contributed by atoms with Crippen molar-refractivity contribution in [1.29, 1.82) is 0 Å². The third-order valence-electron chi connectivity index (χ3n) is 5.24. The lowest BCUT2D eigenvalue weighted by molar-refractivity contribution is -0.124. The van der Waals surface area contributed by atoms with Gasteiger partial charge in [-0.05, 0) is 35.9 Å². The predicted octanol–water partition coefficient (Wildman–Crippen LogP) is 2.19. The highest BCUT2D eigenvalue weighted by Crippen LogP contribution is 2.47. The Morgan fingerprint density at radius 2 is 1.87 bits per heavy atom. The molecule has 8 nitrogen and oxygen atoms in total. The summed E-state index contributed by atoms with van der Waals surface area (Å²) < 4.78 is 4.63. The average Bonchev–Trinajstić information content (AvgIpc) is 3.34. The molecule has 2 aliphatic heterocycles. The monoisotopic (exact) mass is 439 g/mol. The summed E-state index contributed by atoms with van der Waals surface area (Å²) in [5.41, 5.74) is 2.53. The Morgan fingerprint density at radius 3 is 2.61 bits per heavy atom. The van der Waals surface area contributed by atoms with Crippen LogP contribution in [0.4, 0.5) is 5.69 Å². The standard InChI is InChI=1S/C22H21N3O5S/c1-30-22(29)13-6-8-14(9-7-13)24-18(26)10-11-23-19(27)17-12-31-21-16-5-3-2-4-15(16)20(28)25(17)21/h2-9,17,21H,10-12H2,1H3,(H,23,27)(H,24,26)/t17-,21?/m0/s1. The molecule has 0 bridgehead atoms. The molecule has 0 radical (unpaired) electrons. The number of carbonyl (C=O) groups excluding carboxylic acids is 4. The van der Waals surface area contributed by atoms with Gasteiger partial charge < -0.3 is 20.3 Å². The maximum Gasteiger partial charge on any atom is 0.337 e. The SMILES string of the molecule is COC(=O)c1ccc(NC(=O)CCNC(=O)[C@@H]2CSC3c4ccccc4C(=O)N32)cc1. The van der Waals surface area contributed by atoms with Crippen molar-refractivity contribution in [1.82, 2.24) is 10.2 Å². The van der Waals surface area contributed by atoms with Gasteiger partial charge in [0.2, 0.25) is 11.8 Å². The molecule has 31 heavy (non-hydrogen) atoms. The number of hydrogen-bond donors (Lipinski definition) is 2. The van der Waals surface area contributed by atoms with Gasteiger partial charge in [-0.1, -0.05) is 18.2 Å². The number of hydrogen-bond acceptors (Lipinski definition) is 6. The summed E-state index contributed by atoms with van der Waals surface area (Å²) >= 11 is 1.57. The number of methoxy groups -OCH3 is 1. The van der Waals surface area contributed by atoms with Crippen molar-refractivity contribution < 1.29 is 23.9 Å². The van der Waals surface area contributed by atoms with Gasteiger partial charge in [0.25, 0.3) is 5.91 Å². The van der Waals surface area contributed by atoms with Crippen LogP contribution in [0.3, 0.4) is 0 Å². The molecule has 2 atom stereocenters. The zero-order valence-corrected chi connectivity index (χ0v) is 17.6. The Labute approximate surface area is 183 Å². The van der Waals surface area contributed by atoms with E-state index in [1.165, 1.54) is 7.11 Å². The van der Waals surface area contributed by atoms with E-state index in [0.717, 1.165) is 5.56 Å². The van der Waals surface area contributed by atoms with Crippen LogP contribution in [0.15, 0.2) is 48.5 Å². The average molecular weight is 439 g/mol. The molecular formula is C22H21N3O5S. The molecular weight excluding hydrogens is 418 g/mol. The Balaban J connectivity index is 1.27. The summed E-state index contributed by atoms with van der Waals surface area (Å²) in [7, 11) is 1.30. The fourth-order valence-corrected chi connectivity index (χ4v) is 5.16. The maximum absolute atomic E-state index is 12.7. The number of thioether (sulfide) groups is 1. The Hall–Kier alpha value is -3.33. The molecule has 2 aromatic rings. The van der Waals surface area contributed by atoms with Crippen molar-refractivity contribution in [2.24, 2.45) is 0 Å². The van der Waals surface area contributed by atoms with Crippen molar-refractivity contribution in [2.75, 3.05) is 24.7 Å². The van der Waals surface area contributed by atoms with Crippen LogP contribution in [0.25, 0.3) is 0 Å². The van der Waals surface area contributed by atoms with Gasteiger partial charge >= 0.3 is 5.97 Å². The smallest absolute Gasteiger partial charge is 0.337 e. The number of nitrogens with one attached hydrogen (secondary N) is 2. The second-order valence-electron chi connectivity index (χ2n) is 7.16. The van der Waals surface area contributed by atoms with Crippen LogP contribution in [0.1, 0.15) is 38.1 Å². The van der Waals surface area contributed by atoms with Gasteiger partial charge in [-0.3, -0.25) is 14.4 Å². The number of benzene rings is 2. The van der Waals surface area contributed by atoms with Crippen LogP contribution in [0.5, 0.6) is 0 Å². The Kier molecular flexibility index (Phi) is 5.94. The molecule has 9 heteroatoms. The molecule has 1 unspecified atom stereocenters. The van der Waals surface area contributed by atoms with E-state index in [1.54, 1.807) is 47.0 Å². The lowest BCUT2D eigenvalue weighted by Gasteiger charge is -2.22. The number of fused-ring (bicyclic) bond motifs is 3. The number of amides is 3. The fraction of sp³-hybridized carbons (Fsp3) is 0.273. The minimum Gasteiger partial charge on any atom is -0.465 e. The normalized spacial score (nSPS) is 18.9. The van der Waals surface area contributed by atoms with Crippen molar-refractivity contribution >= 4 is 41.1 Å². The van der Waals surface area contributed by atoms with E-state index in [4.69, 9.17) is 0 Å². The van der Waals surface area contributed by atoms with Crippen molar-refractivity contribution in [3.05, 3.63) is 65.2 Å². The predicted molar refractivity (Wildman–Crippen MR) is 116 cm³/mol. The number of nitrogens with zero attached hydrogens (tertiary/aromatic N) is 1. The molecule has 0 saturated carbocycles. The van der Waals surface area contributed by atoms with Crippen LogP contribution in [0, 0.1) is 0 Å². The van der Waals surface area contributed by atoms with Crippen LogP contribution >= 0.6 is 11.8 Å². The van der Waals surface area contributed by atoms with Crippen LogP contribution in [-0.4, -0.2) is 54.0 Å². The number of ether oxygens (including phenoxy) is 1. The minimum atomic E-state index is -0.552. The lowest BCUT2D eigenvalue weighted by atomic mass is 10.1. The largest absolute Gasteiger partial charge is 0.465 e. The molecule has 4 rings (SSSR count). The van der Waals surface area contributed by atoms with Crippen LogP contribution < -0.4 is 10.6 Å². The molecule has 2 aromatic carbocycles. The summed E-state index contributed by atoms with van der Waals surface area (Å²) in [6, 6.07) is 13.2. The molecule has 2 aliphatic rings. The molecule has 3 amide bonds. The van der Waals surface area contributed by atoms with E-state index < -0.39 is 12.0 Å². The quantitative estimate of drug-likeness (QED) is 0.669. The number of carbonyl (C=O) groups is 4. The molecule has 0 spiro atoms. The van der Waals surface area contributed by atoms with Crippen LogP contribution in [-0.2, 0) is 14.3 Å². The zero-order valence-electron chi connectivity index (χ0n) is 16.8. The zero-order chi connectivity index (χ0) is 22.0. The molecule has 2 heterocycles. The van der Waals surface area contributed by atoms with E-state index in [2.05, 4.69) is 15.4 Å². The molecule has 2 N–H and O–H groups in total. The Morgan fingerprint density at radius 1 is 1.13 bits per heavy atom. The summed E-state index contributed by atoms with van der Waals surface area (Å²) in [6.45, 7) is 0.158. The summed E-state index contributed by atoms with van der Waals surface area (Å²) in [5, 5.41) is 5.35. The van der Waals surface area contributed by atoms with Gasteiger partial charge in [0.05, 0.1) is 12.7 Å². The van der Waals surface area contributed by atoms with Gasteiger partial charge in [-0.15, -0.1) is 11.8 Å². The lowest BCUT2D eigenvalue weighted by Crippen LogP contribution is -2.46. The summed E-state index contributed by atoms with van der Waals surface area (Å²) in [5.74, 6) is -0.581. The van der Waals surface area contributed by atoms with Gasteiger partial charge in [-0.2, -0.15) is 0 Å². The first kappa shape index (κ1) is 20.9. The molecule has 0 aromatic heterocycles. The number of esters is 1. The van der Waals surface area contributed by atoms with Gasteiger partial charge in [-0.25, -0.2) is 4.79 Å². The highest BCUT2D eigenvalue weighted by molar-refractivity contribution is 7.99. The van der Waals surface area contributed by atoms with Gasteiger partial charge in [0.1, 0.15) is 11.4 Å². The van der Waals surface area contributed by atoms with E-state index in [9.17, 15) is 19.2 Å². The van der Waals surface area contributed by atoms with E-state index in [1.807, 2.05) is 18.2 Å². The molecule has 1 fully saturated rings. The summed E-state index contributed by atoms with van der Waals surface area (Å²) in [4.78, 5) is 50.6. The third-order valence-corrected chi connectivity index (χ3v) is 6.54. The van der Waals surface area contributed by atoms with Crippen LogP contribution in [0.2, 0.25) is 0 Å². The molecule has 1 saturated heterocycles. The highest BCUT2D eigenvalue weighted by atomic mass is 32.2. The van der Waals surface area contributed by atoms with Gasteiger partial charge in [0, 0.05) is 30.0 Å². The van der Waals surface area contributed by atoms with Crippen molar-refractivity contribution in [3.8, 4) is 0 Å². The first-order chi connectivity index (χ1) is 15.0. The van der Waals surface area contributed by atoms with Crippen molar-refractivity contribution in [2.45, 2.75) is 17.8 Å².